The van der Waals surface area contributed by atoms with Crippen LogP contribution in [0.1, 0.15) is 41.6 Å². The molecule has 5 nitrogen and oxygen atoms in total. The minimum atomic E-state index is -0.203. The molecule has 158 valence electrons. The Morgan fingerprint density at radius 1 is 0.719 bits per heavy atom. The van der Waals surface area contributed by atoms with Gasteiger partial charge >= 0.3 is 0 Å². The predicted octanol–water partition coefficient (Wildman–Crippen LogP) is 4.98. The van der Waals surface area contributed by atoms with Crippen molar-refractivity contribution in [3.05, 3.63) is 88.2 Å². The lowest BCUT2D eigenvalue weighted by Gasteiger charge is -2.28. The molecule has 3 aromatic carbocycles. The van der Waals surface area contributed by atoms with Crippen LogP contribution in [-0.2, 0) is 0 Å². The van der Waals surface area contributed by atoms with E-state index in [9.17, 15) is 9.59 Å². The fourth-order valence-electron chi connectivity index (χ4n) is 5.09. The second-order valence-electron chi connectivity index (χ2n) is 8.56. The number of hydrogen-bond donors (Lipinski definition) is 0. The first-order chi connectivity index (χ1) is 15.7. The molecule has 2 heterocycles. The van der Waals surface area contributed by atoms with Crippen LogP contribution in [0.5, 0.6) is 0 Å². The van der Waals surface area contributed by atoms with Crippen molar-refractivity contribution in [3.63, 3.8) is 0 Å². The highest BCUT2D eigenvalue weighted by atomic mass is 16.1. The molecule has 1 aromatic heterocycles. The van der Waals surface area contributed by atoms with Gasteiger partial charge in [-0.3, -0.25) is 9.59 Å². The Morgan fingerprint density at radius 2 is 1.41 bits per heavy atom. The van der Waals surface area contributed by atoms with Gasteiger partial charge in [0.05, 0.1) is 16.6 Å². The van der Waals surface area contributed by atoms with E-state index in [-0.39, 0.29) is 11.3 Å². The maximum Gasteiger partial charge on any atom is 0.279 e. The Balaban J connectivity index is 1.70. The van der Waals surface area contributed by atoms with Gasteiger partial charge in [0.15, 0.2) is 5.78 Å². The summed E-state index contributed by atoms with van der Waals surface area (Å²) in [6, 6.07) is 20.9. The first-order valence-electron chi connectivity index (χ1n) is 11.3. The molecule has 0 spiro atoms. The molecule has 32 heavy (non-hydrogen) atoms. The number of ketones is 1. The van der Waals surface area contributed by atoms with Crippen molar-refractivity contribution < 1.29 is 4.79 Å². The van der Waals surface area contributed by atoms with Gasteiger partial charge in [0.1, 0.15) is 5.69 Å². The minimum Gasteiger partial charge on any atom is -0.371 e. The van der Waals surface area contributed by atoms with Crippen LogP contribution in [0.25, 0.3) is 27.7 Å². The lowest BCUT2D eigenvalue weighted by molar-refractivity contribution is 0.104. The normalized spacial score (nSPS) is 15.5. The monoisotopic (exact) mass is 421 g/mol. The maximum atomic E-state index is 13.7. The number of carbonyl (C=O) groups is 1. The number of fused-ring (bicyclic) bond motifs is 2. The molecule has 5 heteroatoms. The van der Waals surface area contributed by atoms with Crippen LogP contribution in [0.3, 0.4) is 0 Å². The van der Waals surface area contributed by atoms with Crippen molar-refractivity contribution in [3.8, 4) is 16.9 Å². The molecule has 4 aromatic rings. The Kier molecular flexibility index (Phi) is 4.42. The molecule has 0 N–H and O–H groups in total. The molecular weight excluding hydrogens is 398 g/mol. The van der Waals surface area contributed by atoms with Crippen LogP contribution in [0.15, 0.2) is 71.5 Å². The first kappa shape index (κ1) is 19.0. The molecule has 0 saturated carbocycles. The number of para-hydroxylation sites is 1. The molecule has 2 aliphatic rings. The third-order valence-corrected chi connectivity index (χ3v) is 6.64. The number of hydrogen-bond acceptors (Lipinski definition) is 4. The van der Waals surface area contributed by atoms with Gasteiger partial charge in [0.2, 0.25) is 0 Å². The van der Waals surface area contributed by atoms with Gasteiger partial charge in [-0.05, 0) is 37.1 Å². The van der Waals surface area contributed by atoms with Gasteiger partial charge in [0, 0.05) is 35.3 Å². The Hall–Kier alpha value is -3.73. The molecule has 6 rings (SSSR count). The lowest BCUT2D eigenvalue weighted by atomic mass is 9.85. The van der Waals surface area contributed by atoms with Crippen molar-refractivity contribution in [2.75, 3.05) is 18.0 Å². The molecule has 0 unspecified atom stereocenters. The number of carbonyl (C=O) groups excluding carboxylic acids is 1. The van der Waals surface area contributed by atoms with Gasteiger partial charge in [0.25, 0.3) is 5.56 Å². The average molecular weight is 422 g/mol. The summed E-state index contributed by atoms with van der Waals surface area (Å²) in [5, 5.41) is 6.04. The quantitative estimate of drug-likeness (QED) is 0.404. The van der Waals surface area contributed by atoms with Gasteiger partial charge < -0.3 is 4.90 Å². The van der Waals surface area contributed by atoms with Gasteiger partial charge in [-0.15, -0.1) is 0 Å². The lowest BCUT2D eigenvalue weighted by Crippen LogP contribution is -2.29. The molecule has 0 radical (unpaired) electrons. The summed E-state index contributed by atoms with van der Waals surface area (Å²) in [4.78, 5) is 29.6. The SMILES string of the molecule is O=C1c2ccccc2-c2nn(-c3ccccc3)c(=O)c3ccc(N4CCCCCC4)c1c23. The smallest absolute Gasteiger partial charge is 0.279 e. The van der Waals surface area contributed by atoms with Gasteiger partial charge in [-0.2, -0.15) is 9.78 Å². The molecule has 1 aliphatic carbocycles. The van der Waals surface area contributed by atoms with E-state index in [0.29, 0.717) is 33.3 Å². The van der Waals surface area contributed by atoms with Crippen LogP contribution in [-0.4, -0.2) is 28.7 Å². The molecule has 1 fully saturated rings. The minimum absolute atomic E-state index is 0.0170. The standard InChI is InChI=1S/C27H23N3O2/c31-26-20-13-7-6-12-19(20)25-23-21(27(32)30(28-25)18-10-4-3-5-11-18)14-15-22(24(23)26)29-16-8-1-2-9-17-29/h3-7,10-15H,1-2,8-9,16-17H2. The first-order valence-corrected chi connectivity index (χ1v) is 11.3. The summed E-state index contributed by atoms with van der Waals surface area (Å²) < 4.78 is 1.46. The largest absolute Gasteiger partial charge is 0.371 e. The van der Waals surface area contributed by atoms with Crippen LogP contribution in [0.4, 0.5) is 5.69 Å². The van der Waals surface area contributed by atoms with Gasteiger partial charge in [-0.1, -0.05) is 55.3 Å². The van der Waals surface area contributed by atoms with E-state index in [0.717, 1.165) is 37.2 Å². The Labute approximate surface area is 185 Å². The second kappa shape index (κ2) is 7.45. The third-order valence-electron chi connectivity index (χ3n) is 6.64. The zero-order chi connectivity index (χ0) is 21.7. The van der Waals surface area contributed by atoms with Gasteiger partial charge in [-0.25, -0.2) is 0 Å². The van der Waals surface area contributed by atoms with Crippen LogP contribution < -0.4 is 10.5 Å². The highest BCUT2D eigenvalue weighted by molar-refractivity contribution is 6.27. The number of benzene rings is 3. The maximum absolute atomic E-state index is 13.7. The van der Waals surface area contributed by atoms with E-state index in [2.05, 4.69) is 4.90 Å². The van der Waals surface area contributed by atoms with Crippen molar-refractivity contribution in [2.45, 2.75) is 25.7 Å². The van der Waals surface area contributed by atoms with Crippen molar-refractivity contribution in [1.82, 2.24) is 9.78 Å². The number of nitrogens with zero attached hydrogens (tertiary/aromatic N) is 3. The van der Waals surface area contributed by atoms with E-state index in [1.165, 1.54) is 17.5 Å². The van der Waals surface area contributed by atoms with E-state index >= 15 is 0 Å². The fraction of sp³-hybridized carbons (Fsp3) is 0.222. The highest BCUT2D eigenvalue weighted by Gasteiger charge is 2.32. The van der Waals surface area contributed by atoms with E-state index in [1.807, 2.05) is 66.7 Å². The van der Waals surface area contributed by atoms with Crippen molar-refractivity contribution in [1.29, 1.82) is 0 Å². The summed E-state index contributed by atoms with van der Waals surface area (Å²) in [6.45, 7) is 1.86. The van der Waals surface area contributed by atoms with E-state index in [1.54, 1.807) is 0 Å². The molecule has 1 saturated heterocycles. The second-order valence-corrected chi connectivity index (χ2v) is 8.56. The van der Waals surface area contributed by atoms with Crippen LogP contribution >= 0.6 is 0 Å². The number of anilines is 1. The number of rotatable bonds is 2. The zero-order valence-corrected chi connectivity index (χ0v) is 17.8. The topological polar surface area (TPSA) is 55.2 Å². The summed E-state index contributed by atoms with van der Waals surface area (Å²) >= 11 is 0. The van der Waals surface area contributed by atoms with Crippen LogP contribution in [0.2, 0.25) is 0 Å². The molecular formula is C27H23N3O2. The van der Waals surface area contributed by atoms with E-state index < -0.39 is 0 Å². The van der Waals surface area contributed by atoms with Crippen molar-refractivity contribution >= 4 is 22.2 Å². The number of aromatic nitrogens is 2. The predicted molar refractivity (Wildman–Crippen MR) is 127 cm³/mol. The molecule has 0 bridgehead atoms. The highest BCUT2D eigenvalue weighted by Crippen LogP contribution is 2.41. The zero-order valence-electron chi connectivity index (χ0n) is 17.8. The summed E-state index contributed by atoms with van der Waals surface area (Å²) in [5.74, 6) is -0.0170. The molecule has 1 aliphatic heterocycles. The van der Waals surface area contributed by atoms with Crippen LogP contribution in [0, 0.1) is 0 Å². The summed E-state index contributed by atoms with van der Waals surface area (Å²) in [5.41, 5.74) is 4.20. The van der Waals surface area contributed by atoms with E-state index in [4.69, 9.17) is 5.10 Å². The Morgan fingerprint density at radius 3 is 2.16 bits per heavy atom. The summed E-state index contributed by atoms with van der Waals surface area (Å²) in [7, 11) is 0. The third kappa shape index (κ3) is 2.81. The fourth-order valence-corrected chi connectivity index (χ4v) is 5.09. The average Bonchev–Trinajstić information content (AvgIpc) is 3.13. The summed E-state index contributed by atoms with van der Waals surface area (Å²) in [6.07, 6.45) is 4.65. The molecule has 0 amide bonds. The van der Waals surface area contributed by atoms with Crippen molar-refractivity contribution in [2.24, 2.45) is 0 Å². The Bertz CT molecular complexity index is 1410. The molecule has 0 atom stereocenters.